The molecule has 2 aromatic carbocycles. The zero-order chi connectivity index (χ0) is 13.8. The second-order valence-electron chi connectivity index (χ2n) is 4.97. The standard InChI is InChI=1S/C16H19ClN2/c1-12-5-3-6-13(9-12)10-19(2)11-14-15(17)7-4-8-16(14)18/h3-9H,10-11,18H2,1-2H3. The molecule has 0 heterocycles. The van der Waals surface area contributed by atoms with E-state index in [1.165, 1.54) is 11.1 Å². The molecule has 0 aliphatic carbocycles. The van der Waals surface area contributed by atoms with Crippen molar-refractivity contribution in [1.82, 2.24) is 4.90 Å². The lowest BCUT2D eigenvalue weighted by molar-refractivity contribution is 0.319. The van der Waals surface area contributed by atoms with Gasteiger partial charge in [-0.2, -0.15) is 0 Å². The highest BCUT2D eigenvalue weighted by Crippen LogP contribution is 2.23. The Kier molecular flexibility index (Phi) is 4.46. The van der Waals surface area contributed by atoms with E-state index in [4.69, 9.17) is 17.3 Å². The van der Waals surface area contributed by atoms with Crippen LogP contribution in [0.3, 0.4) is 0 Å². The third-order valence-electron chi connectivity index (χ3n) is 3.12. The molecule has 2 nitrogen and oxygen atoms in total. The van der Waals surface area contributed by atoms with Gasteiger partial charge in [-0.1, -0.05) is 47.5 Å². The van der Waals surface area contributed by atoms with Crippen LogP contribution in [-0.4, -0.2) is 11.9 Å². The van der Waals surface area contributed by atoms with Crippen molar-refractivity contribution in [1.29, 1.82) is 0 Å². The molecule has 0 radical (unpaired) electrons. The van der Waals surface area contributed by atoms with E-state index in [9.17, 15) is 0 Å². The zero-order valence-electron chi connectivity index (χ0n) is 11.4. The summed E-state index contributed by atoms with van der Waals surface area (Å²) in [6, 6.07) is 14.2. The van der Waals surface area contributed by atoms with E-state index < -0.39 is 0 Å². The zero-order valence-corrected chi connectivity index (χ0v) is 12.1. The normalized spacial score (nSPS) is 10.9. The lowest BCUT2D eigenvalue weighted by atomic mass is 10.1. The Bertz CT molecular complexity index is 546. The summed E-state index contributed by atoms with van der Waals surface area (Å²) in [4.78, 5) is 2.21. The van der Waals surface area contributed by atoms with Gasteiger partial charge in [0.15, 0.2) is 0 Å². The van der Waals surface area contributed by atoms with E-state index in [0.29, 0.717) is 0 Å². The van der Waals surface area contributed by atoms with E-state index >= 15 is 0 Å². The molecule has 0 aromatic heterocycles. The van der Waals surface area contributed by atoms with E-state index in [-0.39, 0.29) is 0 Å². The monoisotopic (exact) mass is 274 g/mol. The van der Waals surface area contributed by atoms with Crippen molar-refractivity contribution >= 4 is 17.3 Å². The minimum Gasteiger partial charge on any atom is -0.398 e. The highest BCUT2D eigenvalue weighted by molar-refractivity contribution is 6.31. The maximum atomic E-state index is 6.20. The van der Waals surface area contributed by atoms with Gasteiger partial charge in [-0.05, 0) is 31.7 Å². The maximum Gasteiger partial charge on any atom is 0.0471 e. The Morgan fingerprint density at radius 1 is 1.11 bits per heavy atom. The average Bonchev–Trinajstić information content (AvgIpc) is 2.34. The summed E-state index contributed by atoms with van der Waals surface area (Å²) >= 11 is 6.20. The molecular formula is C16H19ClN2. The number of hydrogen-bond donors (Lipinski definition) is 1. The van der Waals surface area contributed by atoms with Crippen molar-refractivity contribution in [3.05, 3.63) is 64.2 Å². The predicted molar refractivity (Wildman–Crippen MR) is 82.2 cm³/mol. The summed E-state index contributed by atoms with van der Waals surface area (Å²) in [6.45, 7) is 3.74. The maximum absolute atomic E-state index is 6.20. The lowest BCUT2D eigenvalue weighted by Gasteiger charge is -2.19. The SMILES string of the molecule is Cc1cccc(CN(C)Cc2c(N)cccc2Cl)c1. The van der Waals surface area contributed by atoms with Crippen LogP contribution in [0.1, 0.15) is 16.7 Å². The topological polar surface area (TPSA) is 29.3 Å². The summed E-state index contributed by atoms with van der Waals surface area (Å²) in [5.41, 5.74) is 10.3. The fourth-order valence-electron chi connectivity index (χ4n) is 2.19. The molecule has 0 amide bonds. The fraction of sp³-hybridized carbons (Fsp3) is 0.250. The Morgan fingerprint density at radius 2 is 1.84 bits per heavy atom. The summed E-state index contributed by atoms with van der Waals surface area (Å²) in [5.74, 6) is 0. The minimum atomic E-state index is 0.732. The molecule has 0 saturated carbocycles. The molecule has 0 unspecified atom stereocenters. The number of aryl methyl sites for hydroxylation is 1. The second kappa shape index (κ2) is 6.09. The van der Waals surface area contributed by atoms with Gasteiger partial charge in [0.2, 0.25) is 0 Å². The largest absolute Gasteiger partial charge is 0.398 e. The molecule has 2 N–H and O–H groups in total. The van der Waals surface area contributed by atoms with Crippen molar-refractivity contribution in [2.24, 2.45) is 0 Å². The van der Waals surface area contributed by atoms with Crippen LogP contribution in [-0.2, 0) is 13.1 Å². The first-order chi connectivity index (χ1) is 9.06. The van der Waals surface area contributed by atoms with Crippen LogP contribution in [0.15, 0.2) is 42.5 Å². The van der Waals surface area contributed by atoms with Crippen molar-refractivity contribution in [3.63, 3.8) is 0 Å². The van der Waals surface area contributed by atoms with Gasteiger partial charge in [0.1, 0.15) is 0 Å². The Morgan fingerprint density at radius 3 is 2.53 bits per heavy atom. The summed E-state index contributed by atoms with van der Waals surface area (Å²) < 4.78 is 0. The molecule has 0 fully saturated rings. The van der Waals surface area contributed by atoms with E-state index in [1.54, 1.807) is 0 Å². The van der Waals surface area contributed by atoms with Gasteiger partial charge >= 0.3 is 0 Å². The second-order valence-corrected chi connectivity index (χ2v) is 5.38. The highest BCUT2D eigenvalue weighted by atomic mass is 35.5. The number of nitrogens with zero attached hydrogens (tertiary/aromatic N) is 1. The van der Waals surface area contributed by atoms with Crippen molar-refractivity contribution in [2.45, 2.75) is 20.0 Å². The van der Waals surface area contributed by atoms with Gasteiger partial charge in [0.05, 0.1) is 0 Å². The Hall–Kier alpha value is -1.51. The van der Waals surface area contributed by atoms with Gasteiger partial charge < -0.3 is 5.73 Å². The molecule has 100 valence electrons. The molecule has 2 aromatic rings. The third-order valence-corrected chi connectivity index (χ3v) is 3.47. The summed E-state index contributed by atoms with van der Waals surface area (Å²) in [5, 5.41) is 0.732. The molecular weight excluding hydrogens is 256 g/mol. The van der Waals surface area contributed by atoms with E-state index in [1.807, 2.05) is 18.2 Å². The molecule has 0 spiro atoms. The number of nitrogen functional groups attached to an aromatic ring is 1. The third kappa shape index (κ3) is 3.72. The fourth-order valence-corrected chi connectivity index (χ4v) is 2.43. The summed E-state index contributed by atoms with van der Waals surface area (Å²) in [6.07, 6.45) is 0. The first-order valence-electron chi connectivity index (χ1n) is 6.33. The van der Waals surface area contributed by atoms with Crippen LogP contribution >= 0.6 is 11.6 Å². The number of benzene rings is 2. The molecule has 3 heteroatoms. The minimum absolute atomic E-state index is 0.732. The molecule has 19 heavy (non-hydrogen) atoms. The van der Waals surface area contributed by atoms with Crippen LogP contribution in [0.2, 0.25) is 5.02 Å². The molecule has 0 aliphatic rings. The lowest BCUT2D eigenvalue weighted by Crippen LogP contribution is -2.18. The quantitative estimate of drug-likeness (QED) is 0.858. The van der Waals surface area contributed by atoms with Gasteiger partial charge in [0.25, 0.3) is 0 Å². The van der Waals surface area contributed by atoms with Crippen molar-refractivity contribution in [2.75, 3.05) is 12.8 Å². The van der Waals surface area contributed by atoms with Crippen LogP contribution in [0, 0.1) is 6.92 Å². The molecule has 0 bridgehead atoms. The smallest absolute Gasteiger partial charge is 0.0471 e. The van der Waals surface area contributed by atoms with Crippen LogP contribution in [0.25, 0.3) is 0 Å². The first kappa shape index (κ1) is 13.9. The average molecular weight is 275 g/mol. The molecule has 0 saturated heterocycles. The van der Waals surface area contributed by atoms with Gasteiger partial charge in [-0.15, -0.1) is 0 Å². The first-order valence-corrected chi connectivity index (χ1v) is 6.71. The Labute approximate surface area is 119 Å². The van der Waals surface area contributed by atoms with Gasteiger partial charge in [-0.3, -0.25) is 4.90 Å². The van der Waals surface area contributed by atoms with Crippen LogP contribution in [0.5, 0.6) is 0 Å². The Balaban J connectivity index is 2.07. The molecule has 0 aliphatic heterocycles. The predicted octanol–water partition coefficient (Wildman–Crippen LogP) is 3.86. The van der Waals surface area contributed by atoms with Crippen molar-refractivity contribution in [3.8, 4) is 0 Å². The highest BCUT2D eigenvalue weighted by Gasteiger charge is 2.08. The molecule has 2 rings (SSSR count). The number of halogens is 1. The number of anilines is 1. The number of rotatable bonds is 4. The van der Waals surface area contributed by atoms with Gasteiger partial charge in [0, 0.05) is 29.4 Å². The van der Waals surface area contributed by atoms with E-state index in [0.717, 1.165) is 29.4 Å². The van der Waals surface area contributed by atoms with Crippen LogP contribution < -0.4 is 5.73 Å². The van der Waals surface area contributed by atoms with Crippen LogP contribution in [0.4, 0.5) is 5.69 Å². The van der Waals surface area contributed by atoms with E-state index in [2.05, 4.69) is 43.1 Å². The van der Waals surface area contributed by atoms with Crippen molar-refractivity contribution < 1.29 is 0 Å². The number of nitrogens with two attached hydrogens (primary N) is 1. The number of hydrogen-bond acceptors (Lipinski definition) is 2. The molecule has 0 atom stereocenters. The van der Waals surface area contributed by atoms with Gasteiger partial charge in [-0.25, -0.2) is 0 Å². The summed E-state index contributed by atoms with van der Waals surface area (Å²) in [7, 11) is 2.07.